The zero-order valence-electron chi connectivity index (χ0n) is 16.9. The molecule has 8 heteroatoms. The third-order valence-corrected chi connectivity index (χ3v) is 6.31. The second-order valence-corrected chi connectivity index (χ2v) is 8.49. The summed E-state index contributed by atoms with van der Waals surface area (Å²) in [6.45, 7) is 1.33. The highest BCUT2D eigenvalue weighted by molar-refractivity contribution is 7.99. The Morgan fingerprint density at radius 1 is 1.14 bits per heavy atom. The van der Waals surface area contributed by atoms with E-state index in [9.17, 15) is 4.79 Å². The summed E-state index contributed by atoms with van der Waals surface area (Å²) in [6.07, 6.45) is -0.605. The first-order valence-corrected chi connectivity index (χ1v) is 10.3. The van der Waals surface area contributed by atoms with E-state index < -0.39 is 6.10 Å². The molecule has 0 bridgehead atoms. The Hall–Kier alpha value is -1.44. The maximum absolute atomic E-state index is 13.5. The number of thioether (sulfide) groups is 1. The number of rotatable bonds is 6. The van der Waals surface area contributed by atoms with Crippen LogP contribution in [0.1, 0.15) is 10.8 Å². The number of carbonyl (C=O) groups is 1. The van der Waals surface area contributed by atoms with E-state index in [4.69, 9.17) is 21.1 Å². The van der Waals surface area contributed by atoms with Crippen LogP contribution in [0.15, 0.2) is 47.4 Å². The van der Waals surface area contributed by atoms with Gasteiger partial charge in [-0.05, 0) is 50.0 Å². The maximum atomic E-state index is 13.5. The summed E-state index contributed by atoms with van der Waals surface area (Å²) in [7, 11) is 7.21. The second kappa shape index (κ2) is 10.5. The van der Waals surface area contributed by atoms with Crippen LogP contribution >= 0.6 is 35.8 Å². The smallest absolute Gasteiger partial charge is 0.257 e. The molecule has 1 aliphatic heterocycles. The van der Waals surface area contributed by atoms with Gasteiger partial charge in [0.05, 0.1) is 18.0 Å². The van der Waals surface area contributed by atoms with E-state index in [2.05, 4.69) is 4.90 Å². The predicted octanol–water partition coefficient (Wildman–Crippen LogP) is 4.53. The molecule has 5 nitrogen and oxygen atoms in total. The lowest BCUT2D eigenvalue weighted by Crippen LogP contribution is -2.44. The van der Waals surface area contributed by atoms with Crippen molar-refractivity contribution >= 4 is 47.4 Å². The van der Waals surface area contributed by atoms with Gasteiger partial charge >= 0.3 is 0 Å². The molecule has 1 aliphatic rings. The highest BCUT2D eigenvalue weighted by atomic mass is 35.5. The number of halogens is 2. The Morgan fingerprint density at radius 3 is 2.41 bits per heavy atom. The van der Waals surface area contributed by atoms with Gasteiger partial charge in [-0.3, -0.25) is 4.79 Å². The summed E-state index contributed by atoms with van der Waals surface area (Å²) in [5.74, 6) is 0.734. The Bertz CT molecular complexity index is 833. The largest absolute Gasteiger partial charge is 0.497 e. The molecular formula is C21H26Cl2N2O3S. The van der Waals surface area contributed by atoms with Crippen molar-refractivity contribution in [3.05, 3.63) is 53.1 Å². The molecule has 0 radical (unpaired) electrons. The van der Waals surface area contributed by atoms with Gasteiger partial charge in [0.1, 0.15) is 5.75 Å². The second-order valence-electron chi connectivity index (χ2n) is 6.87. The van der Waals surface area contributed by atoms with E-state index in [1.165, 1.54) is 0 Å². The van der Waals surface area contributed by atoms with Gasteiger partial charge in [0.2, 0.25) is 0 Å². The van der Waals surface area contributed by atoms with Crippen LogP contribution in [0.25, 0.3) is 0 Å². The van der Waals surface area contributed by atoms with Crippen molar-refractivity contribution in [3.63, 3.8) is 0 Å². The lowest BCUT2D eigenvalue weighted by molar-refractivity contribution is -0.128. The first-order chi connectivity index (χ1) is 13.4. The van der Waals surface area contributed by atoms with Crippen molar-refractivity contribution in [1.29, 1.82) is 0 Å². The molecular weight excluding hydrogens is 431 g/mol. The Balaban J connectivity index is 0.00000300. The zero-order chi connectivity index (χ0) is 20.3. The number of carbonyl (C=O) groups excluding carboxylic acids is 1. The molecule has 0 unspecified atom stereocenters. The molecule has 0 fully saturated rings. The van der Waals surface area contributed by atoms with Crippen molar-refractivity contribution in [2.45, 2.75) is 16.2 Å². The Morgan fingerprint density at radius 2 is 1.83 bits per heavy atom. The molecule has 0 aliphatic carbocycles. The number of ether oxygens (including phenoxy) is 2. The van der Waals surface area contributed by atoms with Gasteiger partial charge in [-0.2, -0.15) is 0 Å². The van der Waals surface area contributed by atoms with Gasteiger partial charge in [0, 0.05) is 30.1 Å². The van der Waals surface area contributed by atoms with Crippen molar-refractivity contribution in [2.75, 3.05) is 46.3 Å². The number of methoxy groups -OCH3 is 2. The molecule has 2 atom stereocenters. The third-order valence-electron chi connectivity index (χ3n) is 4.72. The van der Waals surface area contributed by atoms with E-state index in [0.717, 1.165) is 28.4 Å². The molecule has 2 aromatic carbocycles. The van der Waals surface area contributed by atoms with Crippen molar-refractivity contribution < 1.29 is 14.3 Å². The molecule has 2 aromatic rings. The molecule has 0 aromatic heterocycles. The normalized spacial score (nSPS) is 18.8. The third kappa shape index (κ3) is 5.38. The van der Waals surface area contributed by atoms with Crippen molar-refractivity contribution in [1.82, 2.24) is 4.90 Å². The number of hydrogen-bond donors (Lipinski definition) is 0. The minimum atomic E-state index is -0.605. The highest BCUT2D eigenvalue weighted by Crippen LogP contribution is 2.47. The number of amides is 1. The van der Waals surface area contributed by atoms with Crippen LogP contribution in [-0.2, 0) is 9.53 Å². The molecule has 0 N–H and O–H groups in total. The molecule has 29 heavy (non-hydrogen) atoms. The summed E-state index contributed by atoms with van der Waals surface area (Å²) in [4.78, 5) is 18.3. The van der Waals surface area contributed by atoms with E-state index in [1.54, 1.807) is 26.0 Å². The Labute approximate surface area is 187 Å². The van der Waals surface area contributed by atoms with Gasteiger partial charge in [-0.25, -0.2) is 0 Å². The predicted molar refractivity (Wildman–Crippen MR) is 122 cm³/mol. The van der Waals surface area contributed by atoms with Gasteiger partial charge < -0.3 is 19.3 Å². The van der Waals surface area contributed by atoms with Gasteiger partial charge in [0.15, 0.2) is 6.10 Å². The van der Waals surface area contributed by atoms with Gasteiger partial charge in [-0.15, -0.1) is 24.2 Å². The molecule has 0 saturated heterocycles. The standard InChI is InChI=1S/C21H25ClN2O3S.ClH/c1-23(2)11-12-24-17-10-7-15(22)13-18(17)28-20(19(27-4)21(24)25)14-5-8-16(26-3)9-6-14;/h5-10,13,19-20H,11-12H2,1-4H3;1H/t19-,20+;/m0./s1. The Kier molecular flexibility index (Phi) is 8.67. The minimum absolute atomic E-state index is 0. The first-order valence-electron chi connectivity index (χ1n) is 9.03. The number of hydrogen-bond acceptors (Lipinski definition) is 5. The topological polar surface area (TPSA) is 42.0 Å². The quantitative estimate of drug-likeness (QED) is 0.638. The van der Waals surface area contributed by atoms with E-state index in [0.29, 0.717) is 11.6 Å². The van der Waals surface area contributed by atoms with Crippen LogP contribution in [0, 0.1) is 0 Å². The van der Waals surface area contributed by atoms with Gasteiger partial charge in [-0.1, -0.05) is 23.7 Å². The number of nitrogens with zero attached hydrogens (tertiary/aromatic N) is 2. The van der Waals surface area contributed by atoms with E-state index in [1.807, 2.05) is 61.5 Å². The van der Waals surface area contributed by atoms with Crippen molar-refractivity contribution in [2.24, 2.45) is 0 Å². The molecule has 0 saturated carbocycles. The van der Waals surface area contributed by atoms with Crippen LogP contribution < -0.4 is 9.64 Å². The molecule has 158 valence electrons. The summed E-state index contributed by atoms with van der Waals surface area (Å²) in [6, 6.07) is 13.4. The van der Waals surface area contributed by atoms with Gasteiger partial charge in [0.25, 0.3) is 5.91 Å². The summed E-state index contributed by atoms with van der Waals surface area (Å²) in [5, 5.41) is 0.459. The fourth-order valence-corrected chi connectivity index (χ4v) is 4.85. The molecule has 3 rings (SSSR count). The fourth-order valence-electron chi connectivity index (χ4n) is 3.20. The van der Waals surface area contributed by atoms with Crippen LogP contribution in [0.2, 0.25) is 5.02 Å². The SMILES string of the molecule is COc1ccc([C@H]2Sc3cc(Cl)ccc3N(CCN(C)C)C(=O)[C@H]2OC)cc1.Cl. The average molecular weight is 457 g/mol. The maximum Gasteiger partial charge on any atom is 0.257 e. The van der Waals surface area contributed by atoms with E-state index in [-0.39, 0.29) is 23.6 Å². The summed E-state index contributed by atoms with van der Waals surface area (Å²) < 4.78 is 11.0. The fraction of sp³-hybridized carbons (Fsp3) is 0.381. The molecule has 0 spiro atoms. The minimum Gasteiger partial charge on any atom is -0.497 e. The number of benzene rings is 2. The number of anilines is 1. The number of fused-ring (bicyclic) bond motifs is 1. The van der Waals surface area contributed by atoms with Crippen LogP contribution in [-0.4, -0.2) is 58.3 Å². The lowest BCUT2D eigenvalue weighted by atomic mass is 10.1. The van der Waals surface area contributed by atoms with Crippen molar-refractivity contribution in [3.8, 4) is 5.75 Å². The monoisotopic (exact) mass is 456 g/mol. The van der Waals surface area contributed by atoms with Crippen LogP contribution in [0.5, 0.6) is 5.75 Å². The van der Waals surface area contributed by atoms with Crippen LogP contribution in [0.3, 0.4) is 0 Å². The van der Waals surface area contributed by atoms with E-state index >= 15 is 0 Å². The average Bonchev–Trinajstić information content (AvgIpc) is 2.80. The van der Waals surface area contributed by atoms with Crippen LogP contribution in [0.4, 0.5) is 5.69 Å². The first kappa shape index (κ1) is 23.8. The zero-order valence-corrected chi connectivity index (χ0v) is 19.3. The molecule has 1 amide bonds. The molecule has 1 heterocycles. The number of likely N-dealkylation sites (N-methyl/N-ethyl adjacent to an activating group) is 1. The highest BCUT2D eigenvalue weighted by Gasteiger charge is 2.38. The summed E-state index contributed by atoms with van der Waals surface area (Å²) in [5.41, 5.74) is 1.88. The summed E-state index contributed by atoms with van der Waals surface area (Å²) >= 11 is 7.88. The lowest BCUT2D eigenvalue weighted by Gasteiger charge is -2.28.